The average molecular weight is 608 g/mol. The minimum absolute atomic E-state index is 0.359. The number of unbranched alkanes of at least 4 members (excludes halogenated alkanes) is 12. The van der Waals surface area contributed by atoms with E-state index < -0.39 is 0 Å². The summed E-state index contributed by atoms with van der Waals surface area (Å²) in [5, 5.41) is 0. The molecule has 0 fully saturated rings. The molecule has 4 nitrogen and oxygen atoms in total. The van der Waals surface area contributed by atoms with E-state index in [1.165, 1.54) is 101 Å². The first-order valence-electron chi connectivity index (χ1n) is 15.5. The van der Waals surface area contributed by atoms with Crippen LogP contribution in [-0.4, -0.2) is 15.9 Å². The van der Waals surface area contributed by atoms with Crippen LogP contribution in [0.2, 0.25) is 0 Å². The molecule has 0 aliphatic rings. The molecule has 1 heterocycles. The van der Waals surface area contributed by atoms with Crippen molar-refractivity contribution in [1.82, 2.24) is 9.97 Å². The third kappa shape index (κ3) is 11.5. The normalized spacial score (nSPS) is 11.1. The zero-order valence-corrected chi connectivity index (χ0v) is 26.2. The summed E-state index contributed by atoms with van der Waals surface area (Å²) in [5.74, 6) is 0.830. The number of rotatable bonds is 19. The molecule has 3 aromatic rings. The summed E-state index contributed by atoms with van der Waals surface area (Å²) in [7, 11) is 0. The molecule has 0 aliphatic heterocycles. The lowest BCUT2D eigenvalue weighted by atomic mass is 10.0. The molecular formula is C35H47BrN2O2. The van der Waals surface area contributed by atoms with Crippen molar-refractivity contribution in [3.05, 3.63) is 76.0 Å². The molecule has 1 aromatic heterocycles. The van der Waals surface area contributed by atoms with Crippen LogP contribution in [0.5, 0.6) is 5.75 Å². The second kappa shape index (κ2) is 18.7. The maximum atomic E-state index is 12.8. The van der Waals surface area contributed by atoms with Gasteiger partial charge in [-0.3, -0.25) is 0 Å². The molecule has 0 saturated heterocycles. The monoisotopic (exact) mass is 606 g/mol. The largest absolute Gasteiger partial charge is 0.423 e. The first-order valence-corrected chi connectivity index (χ1v) is 16.3. The zero-order valence-electron chi connectivity index (χ0n) is 24.6. The summed E-state index contributed by atoms with van der Waals surface area (Å²) in [5.41, 5.74) is 3.87. The summed E-state index contributed by atoms with van der Waals surface area (Å²) in [4.78, 5) is 21.9. The van der Waals surface area contributed by atoms with Gasteiger partial charge in [0.2, 0.25) is 0 Å². The van der Waals surface area contributed by atoms with E-state index in [0.29, 0.717) is 17.1 Å². The van der Waals surface area contributed by atoms with Crippen LogP contribution in [0.15, 0.2) is 59.3 Å². The fourth-order valence-corrected chi connectivity index (χ4v) is 5.48. The Hall–Kier alpha value is -2.53. The topological polar surface area (TPSA) is 52.1 Å². The van der Waals surface area contributed by atoms with Crippen molar-refractivity contribution in [3.8, 4) is 17.1 Å². The Morgan fingerprint density at radius 3 is 1.82 bits per heavy atom. The quantitative estimate of drug-likeness (QED) is 0.0773. The van der Waals surface area contributed by atoms with E-state index in [4.69, 9.17) is 4.74 Å². The number of carbonyl (C=O) groups is 1. The van der Waals surface area contributed by atoms with Crippen molar-refractivity contribution in [2.24, 2.45) is 0 Å². The lowest BCUT2D eigenvalue weighted by Crippen LogP contribution is -2.08. The number of hydrogen-bond donors (Lipinski definition) is 0. The molecule has 0 amide bonds. The highest BCUT2D eigenvalue weighted by Gasteiger charge is 2.12. The summed E-state index contributed by atoms with van der Waals surface area (Å²) in [6.45, 7) is 4.50. The molecule has 2 aromatic carbocycles. The van der Waals surface area contributed by atoms with Crippen LogP contribution < -0.4 is 4.74 Å². The number of carbonyl (C=O) groups excluding carboxylic acids is 1. The highest BCUT2D eigenvalue weighted by molar-refractivity contribution is 9.10. The van der Waals surface area contributed by atoms with Gasteiger partial charge in [-0.05, 0) is 73.2 Å². The molecule has 0 N–H and O–H groups in total. The highest BCUT2D eigenvalue weighted by Crippen LogP contribution is 2.24. The van der Waals surface area contributed by atoms with Crippen molar-refractivity contribution in [2.45, 2.75) is 117 Å². The molecule has 0 radical (unpaired) electrons. The molecule has 40 heavy (non-hydrogen) atoms. The van der Waals surface area contributed by atoms with Crippen LogP contribution in [0.3, 0.4) is 0 Å². The van der Waals surface area contributed by atoms with Gasteiger partial charge in [0.25, 0.3) is 0 Å². The number of halogens is 1. The summed E-state index contributed by atoms with van der Waals surface area (Å²) in [6.07, 6.45) is 24.1. The first kappa shape index (κ1) is 32.0. The van der Waals surface area contributed by atoms with Gasteiger partial charge in [-0.2, -0.15) is 0 Å². The third-order valence-corrected chi connectivity index (χ3v) is 8.17. The fourth-order valence-electron chi connectivity index (χ4n) is 4.91. The molecule has 0 saturated carbocycles. The number of benzene rings is 2. The number of esters is 1. The molecule has 0 atom stereocenters. The second-order valence-corrected chi connectivity index (χ2v) is 11.7. The zero-order chi connectivity index (χ0) is 28.4. The van der Waals surface area contributed by atoms with Crippen molar-refractivity contribution in [1.29, 1.82) is 0 Å². The predicted octanol–water partition coefficient (Wildman–Crippen LogP) is 10.7. The van der Waals surface area contributed by atoms with Crippen molar-refractivity contribution in [2.75, 3.05) is 0 Å². The predicted molar refractivity (Wildman–Crippen MR) is 170 cm³/mol. The van der Waals surface area contributed by atoms with E-state index in [9.17, 15) is 4.79 Å². The standard InChI is InChI=1S/C35H47BrN2O2/c1-3-5-7-9-11-13-15-17-28-26-37-34(38-27-28)30-21-23-32(24-22-30)40-35(39)31-20-19-29(33(36)25-31)18-16-14-12-10-8-6-4-2/h19-27H,3-18H2,1-2H3. The summed E-state index contributed by atoms with van der Waals surface area (Å²) >= 11 is 3.65. The van der Waals surface area contributed by atoms with Crippen LogP contribution in [0, 0.1) is 0 Å². The Morgan fingerprint density at radius 2 is 1.25 bits per heavy atom. The van der Waals surface area contributed by atoms with E-state index in [-0.39, 0.29) is 5.97 Å². The molecule has 0 unspecified atom stereocenters. The van der Waals surface area contributed by atoms with Crippen molar-refractivity contribution in [3.63, 3.8) is 0 Å². The Morgan fingerprint density at radius 1 is 0.700 bits per heavy atom. The van der Waals surface area contributed by atoms with Gasteiger partial charge in [-0.25, -0.2) is 14.8 Å². The third-order valence-electron chi connectivity index (χ3n) is 7.44. The van der Waals surface area contributed by atoms with E-state index in [2.05, 4.69) is 39.7 Å². The summed E-state index contributed by atoms with van der Waals surface area (Å²) in [6, 6.07) is 13.2. The van der Waals surface area contributed by atoms with Crippen LogP contribution in [-0.2, 0) is 12.8 Å². The van der Waals surface area contributed by atoms with Crippen LogP contribution in [0.25, 0.3) is 11.4 Å². The average Bonchev–Trinajstić information content (AvgIpc) is 2.97. The van der Waals surface area contributed by atoms with Crippen molar-refractivity contribution >= 4 is 21.9 Å². The van der Waals surface area contributed by atoms with E-state index in [0.717, 1.165) is 22.9 Å². The van der Waals surface area contributed by atoms with Gasteiger partial charge in [0.15, 0.2) is 5.82 Å². The van der Waals surface area contributed by atoms with Gasteiger partial charge < -0.3 is 4.74 Å². The lowest BCUT2D eigenvalue weighted by molar-refractivity contribution is 0.0734. The van der Waals surface area contributed by atoms with Gasteiger partial charge in [0.1, 0.15) is 5.75 Å². The van der Waals surface area contributed by atoms with E-state index in [1.807, 2.05) is 42.7 Å². The number of aryl methyl sites for hydroxylation is 2. The minimum Gasteiger partial charge on any atom is -0.423 e. The van der Waals surface area contributed by atoms with Crippen LogP contribution >= 0.6 is 15.9 Å². The molecule has 0 aliphatic carbocycles. The molecule has 216 valence electrons. The van der Waals surface area contributed by atoms with Gasteiger partial charge >= 0.3 is 5.97 Å². The summed E-state index contributed by atoms with van der Waals surface area (Å²) < 4.78 is 6.60. The number of aromatic nitrogens is 2. The number of nitrogens with zero attached hydrogens (tertiary/aromatic N) is 2. The Labute approximate surface area is 250 Å². The second-order valence-electron chi connectivity index (χ2n) is 10.9. The Balaban J connectivity index is 1.43. The lowest BCUT2D eigenvalue weighted by Gasteiger charge is -2.09. The fraction of sp³-hybridized carbons (Fsp3) is 0.514. The van der Waals surface area contributed by atoms with Crippen LogP contribution in [0.1, 0.15) is 125 Å². The number of ether oxygens (including phenoxy) is 1. The van der Waals surface area contributed by atoms with E-state index in [1.54, 1.807) is 12.1 Å². The minimum atomic E-state index is -0.359. The van der Waals surface area contributed by atoms with Gasteiger partial charge in [0, 0.05) is 22.4 Å². The SMILES string of the molecule is CCCCCCCCCc1cnc(-c2ccc(OC(=O)c3ccc(CCCCCCCCC)c(Br)c3)cc2)nc1. The van der Waals surface area contributed by atoms with E-state index >= 15 is 0 Å². The van der Waals surface area contributed by atoms with Gasteiger partial charge in [0.05, 0.1) is 5.56 Å². The van der Waals surface area contributed by atoms with Crippen molar-refractivity contribution < 1.29 is 9.53 Å². The Bertz CT molecular complexity index is 1130. The van der Waals surface area contributed by atoms with Gasteiger partial charge in [-0.15, -0.1) is 0 Å². The Kier molecular flexibility index (Phi) is 15.0. The maximum absolute atomic E-state index is 12.8. The molecule has 0 bridgehead atoms. The first-order chi connectivity index (χ1) is 19.6. The highest BCUT2D eigenvalue weighted by atomic mass is 79.9. The maximum Gasteiger partial charge on any atom is 0.343 e. The molecule has 3 rings (SSSR count). The number of hydrogen-bond acceptors (Lipinski definition) is 4. The molecule has 5 heteroatoms. The van der Waals surface area contributed by atoms with Gasteiger partial charge in [-0.1, -0.05) is 113 Å². The molecule has 0 spiro atoms. The van der Waals surface area contributed by atoms with Crippen LogP contribution in [0.4, 0.5) is 0 Å². The smallest absolute Gasteiger partial charge is 0.343 e. The molecular weight excluding hydrogens is 560 g/mol.